The van der Waals surface area contributed by atoms with Gasteiger partial charge in [-0.3, -0.25) is 4.79 Å². The number of carbonyl (C=O) groups is 2. The van der Waals surface area contributed by atoms with Crippen LogP contribution in [-0.4, -0.2) is 61.1 Å². The van der Waals surface area contributed by atoms with Crippen LogP contribution in [-0.2, 0) is 4.79 Å². The fourth-order valence-electron chi connectivity index (χ4n) is 4.34. The van der Waals surface area contributed by atoms with E-state index in [1.807, 2.05) is 34.9 Å². The lowest BCUT2D eigenvalue weighted by molar-refractivity contribution is -0.127. The van der Waals surface area contributed by atoms with Gasteiger partial charge in [-0.2, -0.15) is 0 Å². The molecule has 0 radical (unpaired) electrons. The van der Waals surface area contributed by atoms with Gasteiger partial charge in [-0.1, -0.05) is 6.07 Å². The molecule has 0 bridgehead atoms. The zero-order valence-corrected chi connectivity index (χ0v) is 17.2. The number of rotatable bonds is 3. The Morgan fingerprint density at radius 3 is 2.52 bits per heavy atom. The number of nitrogens with one attached hydrogen (secondary N) is 1. The zero-order chi connectivity index (χ0) is 20.2. The highest BCUT2D eigenvalue weighted by Crippen LogP contribution is 2.32. The van der Waals surface area contributed by atoms with E-state index in [4.69, 9.17) is 9.47 Å². The van der Waals surface area contributed by atoms with Crippen molar-refractivity contribution in [3.63, 3.8) is 0 Å². The molecule has 2 fully saturated rings. The predicted octanol–water partition coefficient (Wildman–Crippen LogP) is 2.95. The van der Waals surface area contributed by atoms with E-state index < -0.39 is 0 Å². The van der Waals surface area contributed by atoms with Crippen molar-refractivity contribution in [1.82, 2.24) is 15.1 Å². The second kappa shape index (κ2) is 8.93. The maximum Gasteiger partial charge on any atom is 0.320 e. The number of fused-ring (bicyclic) bond motifs is 1. The second-order valence-corrected chi connectivity index (χ2v) is 8.25. The zero-order valence-electron chi connectivity index (χ0n) is 17.2. The van der Waals surface area contributed by atoms with Crippen LogP contribution in [0.25, 0.3) is 0 Å². The van der Waals surface area contributed by atoms with Crippen LogP contribution in [0, 0.1) is 5.92 Å². The molecule has 2 saturated heterocycles. The molecule has 0 aromatic heterocycles. The number of urea groups is 1. The Hall–Kier alpha value is -2.44. The number of hydrogen-bond acceptors (Lipinski definition) is 4. The Morgan fingerprint density at radius 2 is 1.72 bits per heavy atom. The number of hydrogen-bond donors (Lipinski definition) is 1. The van der Waals surface area contributed by atoms with Crippen LogP contribution in [0.15, 0.2) is 18.2 Å². The monoisotopic (exact) mass is 401 g/mol. The van der Waals surface area contributed by atoms with Crippen molar-refractivity contribution in [2.45, 2.75) is 45.1 Å². The van der Waals surface area contributed by atoms with Crippen LogP contribution >= 0.6 is 0 Å². The van der Waals surface area contributed by atoms with E-state index in [2.05, 4.69) is 5.32 Å². The summed E-state index contributed by atoms with van der Waals surface area (Å²) in [5, 5.41) is 3.13. The Kier molecular flexibility index (Phi) is 6.11. The van der Waals surface area contributed by atoms with Crippen LogP contribution in [0.4, 0.5) is 4.79 Å². The van der Waals surface area contributed by atoms with Crippen molar-refractivity contribution in [2.24, 2.45) is 5.92 Å². The Labute approximate surface area is 172 Å². The molecule has 0 aliphatic carbocycles. The van der Waals surface area contributed by atoms with E-state index in [0.29, 0.717) is 19.8 Å². The summed E-state index contributed by atoms with van der Waals surface area (Å²) in [5.74, 6) is 1.36. The Balaban J connectivity index is 1.35. The molecular formula is C22H31N3O4. The number of piperidine rings is 1. The first-order valence-corrected chi connectivity index (χ1v) is 10.9. The normalized spacial score (nSPS) is 22.7. The quantitative estimate of drug-likeness (QED) is 0.845. The van der Waals surface area contributed by atoms with Gasteiger partial charge in [-0.25, -0.2) is 4.79 Å². The molecule has 0 spiro atoms. The Bertz CT molecular complexity index is 748. The van der Waals surface area contributed by atoms with Gasteiger partial charge in [0.15, 0.2) is 11.5 Å². The van der Waals surface area contributed by atoms with Crippen molar-refractivity contribution in [3.8, 4) is 11.5 Å². The fraction of sp³-hybridized carbons (Fsp3) is 0.636. The summed E-state index contributed by atoms with van der Waals surface area (Å²) in [6.45, 7) is 6.22. The smallest absolute Gasteiger partial charge is 0.320 e. The molecule has 3 amide bonds. The molecule has 158 valence electrons. The summed E-state index contributed by atoms with van der Waals surface area (Å²) in [7, 11) is 0. The van der Waals surface area contributed by atoms with Gasteiger partial charge in [0.05, 0.1) is 25.2 Å². The van der Waals surface area contributed by atoms with Crippen LogP contribution < -0.4 is 14.8 Å². The highest BCUT2D eigenvalue weighted by Gasteiger charge is 2.32. The number of likely N-dealkylation sites (tertiary alicyclic amines) is 2. The summed E-state index contributed by atoms with van der Waals surface area (Å²) in [5.41, 5.74) is 0.989. The molecular weight excluding hydrogens is 370 g/mol. The van der Waals surface area contributed by atoms with E-state index in [1.54, 1.807) is 0 Å². The molecule has 0 saturated carbocycles. The summed E-state index contributed by atoms with van der Waals surface area (Å²) >= 11 is 0. The SMILES string of the molecule is C[C@H](NC(=O)[C@@H]1CCCN(C(=O)N2CCCC2)C1)c1ccc2c(c1)OCCCO2. The van der Waals surface area contributed by atoms with Crippen molar-refractivity contribution < 1.29 is 19.1 Å². The first kappa shape index (κ1) is 19.9. The summed E-state index contributed by atoms with van der Waals surface area (Å²) < 4.78 is 11.4. The highest BCUT2D eigenvalue weighted by molar-refractivity contribution is 5.81. The van der Waals surface area contributed by atoms with Gasteiger partial charge in [0, 0.05) is 32.6 Å². The maximum atomic E-state index is 12.9. The molecule has 7 heteroatoms. The van der Waals surface area contributed by atoms with Crippen molar-refractivity contribution in [2.75, 3.05) is 39.4 Å². The summed E-state index contributed by atoms with van der Waals surface area (Å²) in [6.07, 6.45) is 4.72. The minimum atomic E-state index is -0.154. The average molecular weight is 402 g/mol. The molecule has 0 unspecified atom stereocenters. The van der Waals surface area contributed by atoms with E-state index in [0.717, 1.165) is 68.8 Å². The number of carbonyl (C=O) groups excluding carboxylic acids is 2. The van der Waals surface area contributed by atoms with Gasteiger partial charge in [-0.15, -0.1) is 0 Å². The first-order chi connectivity index (χ1) is 14.1. The lowest BCUT2D eigenvalue weighted by Gasteiger charge is -2.35. The molecule has 7 nitrogen and oxygen atoms in total. The lowest BCUT2D eigenvalue weighted by Crippen LogP contribution is -2.49. The third kappa shape index (κ3) is 4.60. The van der Waals surface area contributed by atoms with Crippen LogP contribution in [0.5, 0.6) is 11.5 Å². The molecule has 29 heavy (non-hydrogen) atoms. The van der Waals surface area contributed by atoms with E-state index in [1.165, 1.54) is 0 Å². The van der Waals surface area contributed by atoms with Gasteiger partial charge in [-0.05, 0) is 50.3 Å². The van der Waals surface area contributed by atoms with Crippen LogP contribution in [0.3, 0.4) is 0 Å². The molecule has 2 atom stereocenters. The molecule has 3 aliphatic heterocycles. The minimum Gasteiger partial charge on any atom is -0.490 e. The molecule has 1 aromatic rings. The summed E-state index contributed by atoms with van der Waals surface area (Å²) in [4.78, 5) is 29.3. The molecule has 1 aromatic carbocycles. The van der Waals surface area contributed by atoms with E-state index >= 15 is 0 Å². The van der Waals surface area contributed by atoms with Gasteiger partial charge < -0.3 is 24.6 Å². The number of nitrogens with zero attached hydrogens (tertiary/aromatic N) is 2. The van der Waals surface area contributed by atoms with E-state index in [9.17, 15) is 9.59 Å². The molecule has 1 N–H and O–H groups in total. The molecule has 3 aliphatic rings. The van der Waals surface area contributed by atoms with Crippen molar-refractivity contribution in [3.05, 3.63) is 23.8 Å². The topological polar surface area (TPSA) is 71.1 Å². The van der Waals surface area contributed by atoms with Crippen LogP contribution in [0.2, 0.25) is 0 Å². The predicted molar refractivity (Wildman–Crippen MR) is 109 cm³/mol. The molecule has 4 rings (SSSR count). The highest BCUT2D eigenvalue weighted by atomic mass is 16.5. The first-order valence-electron chi connectivity index (χ1n) is 10.9. The van der Waals surface area contributed by atoms with Gasteiger partial charge in [0.2, 0.25) is 5.91 Å². The number of ether oxygens (including phenoxy) is 2. The minimum absolute atomic E-state index is 0.0172. The third-order valence-electron chi connectivity index (χ3n) is 6.07. The van der Waals surface area contributed by atoms with Crippen molar-refractivity contribution >= 4 is 11.9 Å². The fourth-order valence-corrected chi connectivity index (χ4v) is 4.34. The average Bonchev–Trinajstić information content (AvgIpc) is 3.18. The number of benzene rings is 1. The number of amides is 3. The van der Waals surface area contributed by atoms with Gasteiger partial charge >= 0.3 is 6.03 Å². The second-order valence-electron chi connectivity index (χ2n) is 8.25. The summed E-state index contributed by atoms with van der Waals surface area (Å²) in [6, 6.07) is 5.80. The van der Waals surface area contributed by atoms with Crippen molar-refractivity contribution in [1.29, 1.82) is 0 Å². The largest absolute Gasteiger partial charge is 0.490 e. The molecule has 3 heterocycles. The Morgan fingerprint density at radius 1 is 1.00 bits per heavy atom. The standard InChI is InChI=1S/C22H31N3O4/c1-16(17-7-8-19-20(14-17)29-13-5-12-28-19)23-21(26)18-6-4-11-25(15-18)22(27)24-9-2-3-10-24/h7-8,14,16,18H,2-6,9-13,15H2,1H3,(H,23,26)/t16-,18+/m0/s1. The lowest BCUT2D eigenvalue weighted by atomic mass is 9.96. The van der Waals surface area contributed by atoms with Crippen LogP contribution in [0.1, 0.15) is 50.6 Å². The maximum absolute atomic E-state index is 12.9. The third-order valence-corrected chi connectivity index (χ3v) is 6.07. The van der Waals surface area contributed by atoms with Gasteiger partial charge in [0.1, 0.15) is 0 Å². The van der Waals surface area contributed by atoms with Gasteiger partial charge in [0.25, 0.3) is 0 Å². The van der Waals surface area contributed by atoms with E-state index in [-0.39, 0.29) is 23.9 Å².